The van der Waals surface area contributed by atoms with Crippen LogP contribution in [0.2, 0.25) is 0 Å². The second-order valence-corrected chi connectivity index (χ2v) is 1.99. The fourth-order valence-electron chi connectivity index (χ4n) is 0.110. The van der Waals surface area contributed by atoms with E-state index in [0.717, 1.165) is 0 Å². The molecule has 0 aliphatic carbocycles. The van der Waals surface area contributed by atoms with E-state index >= 15 is 0 Å². The molecule has 9 heavy (non-hydrogen) atoms. The molecule has 2 atom stereocenters. The van der Waals surface area contributed by atoms with Gasteiger partial charge in [-0.2, -0.15) is 0 Å². The first kappa shape index (κ1) is 8.70. The minimum absolute atomic E-state index is 1.72. The molecule has 2 unspecified atom stereocenters. The zero-order chi connectivity index (χ0) is 7.65. The average Bonchev–Trinajstić information content (AvgIpc) is 1.65. The van der Waals surface area contributed by atoms with Crippen LogP contribution in [0.15, 0.2) is 0 Å². The molecule has 0 aromatic carbocycles. The first-order valence-electron chi connectivity index (χ1n) is 2.00. The summed E-state index contributed by atoms with van der Waals surface area (Å²) in [4.78, 5) is 9.88. The maximum absolute atomic E-state index is 9.88. The van der Waals surface area contributed by atoms with Crippen molar-refractivity contribution in [1.29, 1.82) is 0 Å². The largest absolute Gasteiger partial charge is 0.478 e. The van der Waals surface area contributed by atoms with E-state index in [1.807, 2.05) is 0 Å². The molecule has 5 nitrogen and oxygen atoms in total. The molecule has 0 spiro atoms. The molecule has 0 amide bonds. The van der Waals surface area contributed by atoms with Gasteiger partial charge in [-0.1, -0.05) is 0 Å². The molecule has 0 saturated carbocycles. The number of hydrogen-bond donors (Lipinski definition) is 5. The van der Waals surface area contributed by atoms with Gasteiger partial charge < -0.3 is 15.3 Å². The second kappa shape index (κ2) is 2.53. The van der Waals surface area contributed by atoms with Gasteiger partial charge in [0.1, 0.15) is 5.44 Å². The van der Waals surface area contributed by atoms with Crippen LogP contribution in [0.4, 0.5) is 0 Å². The summed E-state index contributed by atoms with van der Waals surface area (Å²) in [5.41, 5.74) is 0.186. The number of carbonyl (C=O) groups is 1. The molecule has 6 heteroatoms. The lowest BCUT2D eigenvalue weighted by Crippen LogP contribution is -2.55. The van der Waals surface area contributed by atoms with Crippen LogP contribution in [0.3, 0.4) is 0 Å². The Labute approximate surface area is 56.5 Å². The number of thiol groups is 1. The molecule has 0 rings (SSSR count). The Morgan fingerprint density at radius 3 is 2.11 bits per heavy atom. The molecule has 54 valence electrons. The van der Waals surface area contributed by atoms with Gasteiger partial charge in [0, 0.05) is 0 Å². The summed E-state index contributed by atoms with van der Waals surface area (Å²) in [5.74, 6) is -1.72. The number of carboxylic acid groups (broad SMARTS) is 1. The summed E-state index contributed by atoms with van der Waals surface area (Å²) in [6, 6.07) is 0. The van der Waals surface area contributed by atoms with Crippen LogP contribution in [-0.2, 0) is 4.79 Å². The van der Waals surface area contributed by atoms with Crippen LogP contribution in [0, 0.1) is 0 Å². The number of rotatable bonds is 2. The first-order valence-corrected chi connectivity index (χ1v) is 2.51. The molecule has 0 fully saturated rings. The third-order valence-corrected chi connectivity index (χ3v) is 1.13. The number of carboxylic acids is 1. The number of aliphatic hydroxyl groups excluding tert-OH is 1. The summed E-state index contributed by atoms with van der Waals surface area (Å²) in [7, 11) is 0. The van der Waals surface area contributed by atoms with Gasteiger partial charge in [-0.05, 0) is 0 Å². The maximum Gasteiger partial charge on any atom is 0.354 e. The molecular weight excluding hydrogens is 146 g/mol. The number of hydrogen-bond acceptors (Lipinski definition) is 5. The highest BCUT2D eigenvalue weighted by molar-refractivity contribution is 7.80. The van der Waals surface area contributed by atoms with Crippen LogP contribution in [-0.4, -0.2) is 32.4 Å². The van der Waals surface area contributed by atoms with Crippen LogP contribution >= 0.6 is 12.6 Å². The van der Waals surface area contributed by atoms with Crippen molar-refractivity contribution < 1.29 is 20.1 Å². The Hall–Kier alpha value is -0.300. The molecule has 0 aromatic rings. The van der Waals surface area contributed by atoms with E-state index in [1.54, 1.807) is 0 Å². The van der Waals surface area contributed by atoms with Gasteiger partial charge in [0.2, 0.25) is 5.72 Å². The third kappa shape index (κ3) is 1.83. The van der Waals surface area contributed by atoms with E-state index in [1.165, 1.54) is 0 Å². The van der Waals surface area contributed by atoms with Crippen molar-refractivity contribution in [3.63, 3.8) is 0 Å². The van der Waals surface area contributed by atoms with Crippen molar-refractivity contribution in [1.82, 2.24) is 0 Å². The zero-order valence-electron chi connectivity index (χ0n) is 4.35. The molecule has 0 saturated heterocycles. The quantitative estimate of drug-likeness (QED) is 0.232. The smallest absolute Gasteiger partial charge is 0.354 e. The highest BCUT2D eigenvalue weighted by Crippen LogP contribution is 2.05. The van der Waals surface area contributed by atoms with Crippen LogP contribution < -0.4 is 5.73 Å². The van der Waals surface area contributed by atoms with E-state index < -0.39 is 17.1 Å². The Balaban J connectivity index is 4.19. The highest BCUT2D eigenvalue weighted by Gasteiger charge is 2.37. The zero-order valence-corrected chi connectivity index (χ0v) is 5.25. The Kier molecular flexibility index (Phi) is 2.44. The van der Waals surface area contributed by atoms with Gasteiger partial charge in [0.15, 0.2) is 0 Å². The lowest BCUT2D eigenvalue weighted by molar-refractivity contribution is -0.164. The molecule has 0 bridgehead atoms. The van der Waals surface area contributed by atoms with E-state index in [9.17, 15) is 4.79 Å². The molecule has 0 aliphatic heterocycles. The van der Waals surface area contributed by atoms with E-state index in [2.05, 4.69) is 18.4 Å². The van der Waals surface area contributed by atoms with Gasteiger partial charge >= 0.3 is 5.97 Å². The van der Waals surface area contributed by atoms with Gasteiger partial charge in [-0.15, -0.1) is 12.6 Å². The fraction of sp³-hybridized carbons (Fsp3) is 0.667. The van der Waals surface area contributed by atoms with Crippen molar-refractivity contribution in [2.75, 3.05) is 0 Å². The van der Waals surface area contributed by atoms with Crippen molar-refractivity contribution in [2.45, 2.75) is 11.2 Å². The van der Waals surface area contributed by atoms with Crippen molar-refractivity contribution in [3.05, 3.63) is 0 Å². The third-order valence-electron chi connectivity index (χ3n) is 0.736. The number of nitrogens with two attached hydrogens (primary N) is 1. The Bertz CT molecular complexity index is 123. The van der Waals surface area contributed by atoms with E-state index in [0.29, 0.717) is 0 Å². The van der Waals surface area contributed by atoms with Crippen molar-refractivity contribution in [3.8, 4) is 0 Å². The molecule has 0 aliphatic rings. The minimum Gasteiger partial charge on any atom is -0.478 e. The predicted molar refractivity (Wildman–Crippen MR) is 31.8 cm³/mol. The Morgan fingerprint density at radius 1 is 1.78 bits per heavy atom. The predicted octanol–water partition coefficient (Wildman–Crippen LogP) is -2.03. The standard InChI is InChI=1S/C3H7NO4S/c4-3(8,1(5)6)2(7)9/h2,7-9H,4H2,(H,5,6). The molecular formula is C3H7NO4S. The lowest BCUT2D eigenvalue weighted by atomic mass is 10.3. The SMILES string of the molecule is NC(O)(C(=O)O)C(O)S. The number of aliphatic carboxylic acids is 1. The average molecular weight is 153 g/mol. The fourth-order valence-corrected chi connectivity index (χ4v) is 0.221. The van der Waals surface area contributed by atoms with Gasteiger partial charge in [0.05, 0.1) is 0 Å². The molecule has 5 N–H and O–H groups in total. The summed E-state index contributed by atoms with van der Waals surface area (Å²) in [6.45, 7) is 0. The first-order chi connectivity index (χ1) is 3.89. The van der Waals surface area contributed by atoms with Crippen molar-refractivity contribution >= 4 is 18.6 Å². The van der Waals surface area contributed by atoms with Gasteiger partial charge in [-0.25, -0.2) is 4.79 Å². The van der Waals surface area contributed by atoms with Crippen LogP contribution in [0.25, 0.3) is 0 Å². The Morgan fingerprint density at radius 2 is 2.11 bits per heavy atom. The van der Waals surface area contributed by atoms with E-state index in [-0.39, 0.29) is 0 Å². The highest BCUT2D eigenvalue weighted by atomic mass is 32.1. The summed E-state index contributed by atoms with van der Waals surface area (Å²) in [6.07, 6.45) is 0. The summed E-state index contributed by atoms with van der Waals surface area (Å²) in [5, 5.41) is 24.9. The van der Waals surface area contributed by atoms with E-state index in [4.69, 9.17) is 15.3 Å². The van der Waals surface area contributed by atoms with Crippen LogP contribution in [0.1, 0.15) is 0 Å². The lowest BCUT2D eigenvalue weighted by Gasteiger charge is -2.19. The normalized spacial score (nSPS) is 20.4. The topological polar surface area (TPSA) is 104 Å². The van der Waals surface area contributed by atoms with Crippen LogP contribution in [0.5, 0.6) is 0 Å². The second-order valence-electron chi connectivity index (χ2n) is 1.50. The number of aliphatic hydroxyl groups is 2. The molecule has 0 heterocycles. The van der Waals surface area contributed by atoms with Gasteiger partial charge in [-0.3, -0.25) is 5.73 Å². The maximum atomic E-state index is 9.88. The molecule has 0 radical (unpaired) electrons. The minimum atomic E-state index is -2.66. The summed E-state index contributed by atoms with van der Waals surface area (Å²) < 4.78 is 0. The molecule has 0 aromatic heterocycles. The van der Waals surface area contributed by atoms with Gasteiger partial charge in [0.25, 0.3) is 0 Å². The summed E-state index contributed by atoms with van der Waals surface area (Å²) >= 11 is 3.22. The monoisotopic (exact) mass is 153 g/mol. The van der Waals surface area contributed by atoms with Crippen molar-refractivity contribution in [2.24, 2.45) is 5.73 Å².